The van der Waals surface area contributed by atoms with E-state index in [-0.39, 0.29) is 4.75 Å². The van der Waals surface area contributed by atoms with E-state index in [9.17, 15) is 4.79 Å². The summed E-state index contributed by atoms with van der Waals surface area (Å²) < 4.78 is -0.356. The third kappa shape index (κ3) is 4.53. The van der Waals surface area contributed by atoms with Crippen molar-refractivity contribution in [2.75, 3.05) is 0 Å². The van der Waals surface area contributed by atoms with Crippen LogP contribution in [-0.4, -0.2) is 10.5 Å². The highest BCUT2D eigenvalue weighted by atomic mass is 35.5. The standard InChI is InChI=1S/C17H23ClOS/c1-17(2,20-15-10-8-14(18)9-11-15)16(19)12-13-6-4-3-5-7-13/h8-11,13H,3-7,12H2,1-2H3. The van der Waals surface area contributed by atoms with Gasteiger partial charge in [-0.05, 0) is 44.0 Å². The van der Waals surface area contributed by atoms with Crippen LogP contribution in [0.2, 0.25) is 5.02 Å². The van der Waals surface area contributed by atoms with Gasteiger partial charge in [0, 0.05) is 16.3 Å². The van der Waals surface area contributed by atoms with E-state index in [1.807, 2.05) is 38.1 Å². The van der Waals surface area contributed by atoms with E-state index in [4.69, 9.17) is 11.6 Å². The highest BCUT2D eigenvalue weighted by molar-refractivity contribution is 8.01. The van der Waals surface area contributed by atoms with Gasteiger partial charge in [0.25, 0.3) is 0 Å². The van der Waals surface area contributed by atoms with Gasteiger partial charge in [-0.1, -0.05) is 43.7 Å². The van der Waals surface area contributed by atoms with Gasteiger partial charge in [0.2, 0.25) is 0 Å². The lowest BCUT2D eigenvalue weighted by Gasteiger charge is -2.27. The number of hydrogen-bond acceptors (Lipinski definition) is 2. The monoisotopic (exact) mass is 310 g/mol. The van der Waals surface area contributed by atoms with Gasteiger partial charge in [-0.25, -0.2) is 0 Å². The van der Waals surface area contributed by atoms with Gasteiger partial charge in [0.1, 0.15) is 5.78 Å². The fraction of sp³-hybridized carbons (Fsp3) is 0.588. The van der Waals surface area contributed by atoms with Crippen LogP contribution in [0.5, 0.6) is 0 Å². The van der Waals surface area contributed by atoms with Crippen molar-refractivity contribution in [3.05, 3.63) is 29.3 Å². The Labute approximate surface area is 131 Å². The van der Waals surface area contributed by atoms with Crippen LogP contribution in [0.4, 0.5) is 0 Å². The molecule has 0 spiro atoms. The fourth-order valence-corrected chi connectivity index (χ4v) is 3.94. The topological polar surface area (TPSA) is 17.1 Å². The first-order valence-electron chi connectivity index (χ1n) is 7.45. The summed E-state index contributed by atoms with van der Waals surface area (Å²) in [7, 11) is 0. The third-order valence-corrected chi connectivity index (χ3v) is 5.55. The fourth-order valence-electron chi connectivity index (χ4n) is 2.75. The number of rotatable bonds is 5. The van der Waals surface area contributed by atoms with Crippen molar-refractivity contribution in [3.63, 3.8) is 0 Å². The Hall–Kier alpha value is -0.470. The van der Waals surface area contributed by atoms with Crippen LogP contribution in [0.25, 0.3) is 0 Å². The molecule has 0 atom stereocenters. The molecule has 2 rings (SSSR count). The van der Waals surface area contributed by atoms with Crippen molar-refractivity contribution < 1.29 is 4.79 Å². The van der Waals surface area contributed by atoms with E-state index in [1.54, 1.807) is 11.8 Å². The number of benzene rings is 1. The molecule has 0 N–H and O–H groups in total. The highest BCUT2D eigenvalue weighted by Crippen LogP contribution is 2.37. The summed E-state index contributed by atoms with van der Waals surface area (Å²) in [4.78, 5) is 13.7. The molecule has 20 heavy (non-hydrogen) atoms. The molecule has 0 unspecified atom stereocenters. The average molecular weight is 311 g/mol. The van der Waals surface area contributed by atoms with Gasteiger partial charge in [-0.15, -0.1) is 11.8 Å². The van der Waals surface area contributed by atoms with Crippen LogP contribution < -0.4 is 0 Å². The maximum Gasteiger partial charge on any atom is 0.148 e. The molecule has 0 radical (unpaired) electrons. The first kappa shape index (κ1) is 15.9. The molecule has 0 saturated heterocycles. The Morgan fingerprint density at radius 1 is 1.20 bits per heavy atom. The van der Waals surface area contributed by atoms with Crippen molar-refractivity contribution in [1.29, 1.82) is 0 Å². The summed E-state index contributed by atoms with van der Waals surface area (Å²) in [6.45, 7) is 4.08. The van der Waals surface area contributed by atoms with Crippen LogP contribution in [0.3, 0.4) is 0 Å². The number of carbonyl (C=O) groups is 1. The van der Waals surface area contributed by atoms with E-state index in [0.29, 0.717) is 11.7 Å². The van der Waals surface area contributed by atoms with Crippen molar-refractivity contribution in [3.8, 4) is 0 Å². The molecule has 0 amide bonds. The minimum Gasteiger partial charge on any atom is -0.298 e. The lowest BCUT2D eigenvalue weighted by Crippen LogP contribution is -2.30. The van der Waals surface area contributed by atoms with Crippen LogP contribution in [0.1, 0.15) is 52.4 Å². The zero-order valence-electron chi connectivity index (χ0n) is 12.3. The molecular weight excluding hydrogens is 288 g/mol. The molecule has 1 aromatic carbocycles. The predicted octanol–water partition coefficient (Wildman–Crippen LogP) is 5.75. The van der Waals surface area contributed by atoms with Crippen molar-refractivity contribution in [1.82, 2.24) is 0 Å². The zero-order chi connectivity index (χ0) is 14.6. The molecule has 1 aliphatic rings. The Bertz CT molecular complexity index is 447. The summed E-state index contributed by atoms with van der Waals surface area (Å²) >= 11 is 7.54. The van der Waals surface area contributed by atoms with Crippen LogP contribution in [0, 0.1) is 5.92 Å². The lowest BCUT2D eigenvalue weighted by molar-refractivity contribution is -0.121. The second kappa shape index (κ2) is 7.00. The maximum absolute atomic E-state index is 12.6. The quantitative estimate of drug-likeness (QED) is 0.644. The molecule has 0 aromatic heterocycles. The first-order chi connectivity index (χ1) is 9.47. The molecule has 1 aliphatic carbocycles. The van der Waals surface area contributed by atoms with E-state index in [0.717, 1.165) is 16.3 Å². The molecule has 1 fully saturated rings. The molecule has 3 heteroatoms. The van der Waals surface area contributed by atoms with E-state index >= 15 is 0 Å². The van der Waals surface area contributed by atoms with E-state index in [2.05, 4.69) is 0 Å². The molecule has 1 saturated carbocycles. The Morgan fingerprint density at radius 3 is 2.40 bits per heavy atom. The highest BCUT2D eigenvalue weighted by Gasteiger charge is 2.30. The van der Waals surface area contributed by atoms with Crippen LogP contribution >= 0.6 is 23.4 Å². The minimum atomic E-state index is -0.356. The molecule has 0 bridgehead atoms. The second-order valence-electron chi connectivity index (χ2n) is 6.20. The average Bonchev–Trinajstić information content (AvgIpc) is 2.42. The number of thioether (sulfide) groups is 1. The number of hydrogen-bond donors (Lipinski definition) is 0. The SMILES string of the molecule is CC(C)(Sc1ccc(Cl)cc1)C(=O)CC1CCCCC1. The Morgan fingerprint density at radius 2 is 1.80 bits per heavy atom. The maximum atomic E-state index is 12.6. The summed E-state index contributed by atoms with van der Waals surface area (Å²) in [5, 5.41) is 0.737. The van der Waals surface area contributed by atoms with Crippen LogP contribution in [0.15, 0.2) is 29.2 Å². The third-order valence-electron chi connectivity index (χ3n) is 4.06. The number of halogens is 1. The van der Waals surface area contributed by atoms with E-state index < -0.39 is 0 Å². The largest absolute Gasteiger partial charge is 0.298 e. The van der Waals surface area contributed by atoms with Gasteiger partial charge < -0.3 is 0 Å². The van der Waals surface area contributed by atoms with Gasteiger partial charge in [-0.3, -0.25) is 4.79 Å². The molecule has 0 heterocycles. The molecule has 1 nitrogen and oxygen atoms in total. The Balaban J connectivity index is 1.94. The number of ketones is 1. The molecular formula is C17H23ClOS. The summed E-state index contributed by atoms with van der Waals surface area (Å²) in [5.74, 6) is 0.991. The van der Waals surface area contributed by atoms with Gasteiger partial charge in [-0.2, -0.15) is 0 Å². The normalized spacial score (nSPS) is 17.1. The lowest BCUT2D eigenvalue weighted by atomic mass is 9.84. The summed E-state index contributed by atoms with van der Waals surface area (Å²) in [5.41, 5.74) is 0. The van der Waals surface area contributed by atoms with Crippen molar-refractivity contribution in [2.45, 2.75) is 62.0 Å². The van der Waals surface area contributed by atoms with Gasteiger partial charge in [0.05, 0.1) is 4.75 Å². The number of Topliss-reactive ketones (excluding diaryl/α,β-unsaturated/α-hetero) is 1. The molecule has 0 aliphatic heterocycles. The first-order valence-corrected chi connectivity index (χ1v) is 8.65. The van der Waals surface area contributed by atoms with Crippen LogP contribution in [-0.2, 0) is 4.79 Å². The van der Waals surface area contributed by atoms with E-state index in [1.165, 1.54) is 32.1 Å². The zero-order valence-corrected chi connectivity index (χ0v) is 13.9. The van der Waals surface area contributed by atoms with Gasteiger partial charge >= 0.3 is 0 Å². The summed E-state index contributed by atoms with van der Waals surface area (Å²) in [6.07, 6.45) is 7.13. The number of carbonyl (C=O) groups excluding carboxylic acids is 1. The minimum absolute atomic E-state index is 0.356. The van der Waals surface area contributed by atoms with Gasteiger partial charge in [0.15, 0.2) is 0 Å². The predicted molar refractivity (Wildman–Crippen MR) is 87.6 cm³/mol. The second-order valence-corrected chi connectivity index (χ2v) is 8.33. The summed E-state index contributed by atoms with van der Waals surface area (Å²) in [6, 6.07) is 7.74. The molecule has 1 aromatic rings. The Kier molecular flexibility index (Phi) is 5.57. The van der Waals surface area contributed by atoms with Crippen molar-refractivity contribution >= 4 is 29.1 Å². The van der Waals surface area contributed by atoms with Crippen molar-refractivity contribution in [2.24, 2.45) is 5.92 Å². The smallest absolute Gasteiger partial charge is 0.148 e. The molecule has 110 valence electrons.